The largest absolute Gasteiger partial charge is 0.495 e. The number of fused-ring (bicyclic) bond motifs is 2. The number of halogens is 1. The predicted octanol–water partition coefficient (Wildman–Crippen LogP) is 1.99. The van der Waals surface area contributed by atoms with E-state index in [-0.39, 0.29) is 23.3 Å². The Hall–Kier alpha value is -0.820. The van der Waals surface area contributed by atoms with E-state index in [2.05, 4.69) is 10.0 Å². The number of rotatable bonds is 4. The molecule has 2 heterocycles. The Kier molecular flexibility index (Phi) is 5.37. The number of ether oxygens (including phenoxy) is 1. The van der Waals surface area contributed by atoms with E-state index >= 15 is 0 Å². The number of sulfonamides is 1. The van der Waals surface area contributed by atoms with Gasteiger partial charge in [-0.1, -0.05) is 6.07 Å². The van der Waals surface area contributed by atoms with Gasteiger partial charge in [0.1, 0.15) is 10.6 Å². The van der Waals surface area contributed by atoms with Crippen molar-refractivity contribution in [3.05, 3.63) is 23.8 Å². The number of hydrogen-bond donors (Lipinski definition) is 2. The van der Waals surface area contributed by atoms with E-state index in [0.29, 0.717) is 17.8 Å². The summed E-state index contributed by atoms with van der Waals surface area (Å²) in [5.41, 5.74) is 0.904. The Morgan fingerprint density at radius 1 is 1.23 bits per heavy atom. The van der Waals surface area contributed by atoms with Crippen LogP contribution in [-0.4, -0.2) is 33.7 Å². The number of nitrogens with one attached hydrogen (secondary N) is 2. The highest BCUT2D eigenvalue weighted by Gasteiger charge is 2.35. The summed E-state index contributed by atoms with van der Waals surface area (Å²) in [6.45, 7) is 1.88. The molecule has 2 unspecified atom stereocenters. The Labute approximate surface area is 138 Å². The monoisotopic (exact) mass is 346 g/mol. The molecule has 2 fully saturated rings. The van der Waals surface area contributed by atoms with Crippen LogP contribution < -0.4 is 14.8 Å². The highest BCUT2D eigenvalue weighted by atomic mass is 35.5. The van der Waals surface area contributed by atoms with Gasteiger partial charge in [0.25, 0.3) is 0 Å². The van der Waals surface area contributed by atoms with E-state index in [4.69, 9.17) is 4.74 Å². The van der Waals surface area contributed by atoms with Crippen LogP contribution in [0.5, 0.6) is 5.75 Å². The summed E-state index contributed by atoms with van der Waals surface area (Å²) in [4.78, 5) is 0.232. The van der Waals surface area contributed by atoms with E-state index < -0.39 is 10.0 Å². The molecule has 0 saturated carbocycles. The van der Waals surface area contributed by atoms with Crippen molar-refractivity contribution in [2.75, 3.05) is 7.11 Å². The van der Waals surface area contributed by atoms with Gasteiger partial charge < -0.3 is 10.1 Å². The second-order valence-corrected chi connectivity index (χ2v) is 7.76. The molecule has 124 valence electrons. The summed E-state index contributed by atoms with van der Waals surface area (Å²) in [7, 11) is -2.05. The molecular weight excluding hydrogens is 324 g/mol. The standard InChI is InChI=1S/C15H22N2O3S.ClH/c1-10-3-6-14(20-2)15(7-10)21(18,19)17-13-8-11-4-5-12(9-13)16-11;/h3,6-7,11-13,16-17H,4-5,8-9H2,1-2H3;1H. The molecule has 2 atom stereocenters. The lowest BCUT2D eigenvalue weighted by Crippen LogP contribution is -2.47. The second kappa shape index (κ2) is 6.74. The Bertz CT molecular complexity index is 624. The number of piperidine rings is 1. The predicted molar refractivity (Wildman–Crippen MR) is 88.3 cm³/mol. The van der Waals surface area contributed by atoms with Gasteiger partial charge in [-0.2, -0.15) is 0 Å². The van der Waals surface area contributed by atoms with Crippen molar-refractivity contribution in [2.45, 2.75) is 55.6 Å². The number of hydrogen-bond acceptors (Lipinski definition) is 4. The average molecular weight is 347 g/mol. The smallest absolute Gasteiger partial charge is 0.244 e. The first kappa shape index (κ1) is 17.5. The van der Waals surface area contributed by atoms with Crippen molar-refractivity contribution in [1.29, 1.82) is 0 Å². The molecule has 0 aliphatic carbocycles. The van der Waals surface area contributed by atoms with E-state index in [0.717, 1.165) is 31.2 Å². The maximum absolute atomic E-state index is 12.7. The highest BCUT2D eigenvalue weighted by molar-refractivity contribution is 7.89. The fourth-order valence-corrected chi connectivity index (χ4v) is 4.95. The van der Waals surface area contributed by atoms with Gasteiger partial charge in [0.2, 0.25) is 10.0 Å². The number of methoxy groups -OCH3 is 1. The van der Waals surface area contributed by atoms with Gasteiger partial charge >= 0.3 is 0 Å². The van der Waals surface area contributed by atoms with Gasteiger partial charge in [-0.05, 0) is 50.3 Å². The molecule has 1 aromatic carbocycles. The summed E-state index contributed by atoms with van der Waals surface area (Å²) < 4.78 is 33.4. The maximum Gasteiger partial charge on any atom is 0.244 e. The molecule has 2 aliphatic rings. The second-order valence-electron chi connectivity index (χ2n) is 6.08. The van der Waals surface area contributed by atoms with Crippen LogP contribution in [0.15, 0.2) is 23.1 Å². The van der Waals surface area contributed by atoms with Crippen LogP contribution in [0, 0.1) is 6.92 Å². The fraction of sp³-hybridized carbons (Fsp3) is 0.600. The minimum Gasteiger partial charge on any atom is -0.495 e. The van der Waals surface area contributed by atoms with Crippen molar-refractivity contribution < 1.29 is 13.2 Å². The van der Waals surface area contributed by atoms with Crippen LogP contribution in [-0.2, 0) is 10.0 Å². The van der Waals surface area contributed by atoms with Crippen molar-refractivity contribution in [2.24, 2.45) is 0 Å². The molecule has 0 amide bonds. The van der Waals surface area contributed by atoms with Crippen LogP contribution in [0.3, 0.4) is 0 Å². The zero-order valence-corrected chi connectivity index (χ0v) is 14.5. The molecule has 0 spiro atoms. The first-order chi connectivity index (χ1) is 9.98. The molecule has 2 N–H and O–H groups in total. The fourth-order valence-electron chi connectivity index (χ4n) is 3.43. The van der Waals surface area contributed by atoms with Gasteiger partial charge in [0, 0.05) is 18.1 Å². The number of aryl methyl sites for hydroxylation is 1. The van der Waals surface area contributed by atoms with Gasteiger partial charge in [0.15, 0.2) is 0 Å². The van der Waals surface area contributed by atoms with Crippen molar-refractivity contribution in [1.82, 2.24) is 10.0 Å². The summed E-state index contributed by atoms with van der Waals surface area (Å²) >= 11 is 0. The highest BCUT2D eigenvalue weighted by Crippen LogP contribution is 2.29. The van der Waals surface area contributed by atoms with Gasteiger partial charge in [-0.15, -0.1) is 12.4 Å². The molecule has 2 bridgehead atoms. The van der Waals surface area contributed by atoms with Crippen LogP contribution >= 0.6 is 12.4 Å². The van der Waals surface area contributed by atoms with Crippen molar-refractivity contribution in [3.8, 4) is 5.75 Å². The van der Waals surface area contributed by atoms with E-state index in [1.54, 1.807) is 12.1 Å². The molecule has 0 radical (unpaired) electrons. The van der Waals surface area contributed by atoms with Crippen LogP contribution in [0.4, 0.5) is 0 Å². The molecule has 22 heavy (non-hydrogen) atoms. The van der Waals surface area contributed by atoms with E-state index in [9.17, 15) is 8.42 Å². The van der Waals surface area contributed by atoms with Crippen LogP contribution in [0.1, 0.15) is 31.2 Å². The SMILES string of the molecule is COc1ccc(C)cc1S(=O)(=O)NC1CC2CCC(C1)N2.Cl. The zero-order chi connectivity index (χ0) is 15.0. The normalized spacial score (nSPS) is 27.3. The topological polar surface area (TPSA) is 67.4 Å². The van der Waals surface area contributed by atoms with Gasteiger partial charge in [0.05, 0.1) is 7.11 Å². The lowest BCUT2D eigenvalue weighted by atomic mass is 10.0. The lowest BCUT2D eigenvalue weighted by Gasteiger charge is -2.29. The lowest BCUT2D eigenvalue weighted by molar-refractivity contribution is 0.344. The molecule has 5 nitrogen and oxygen atoms in total. The first-order valence-electron chi connectivity index (χ1n) is 7.41. The van der Waals surface area contributed by atoms with E-state index in [1.807, 2.05) is 13.0 Å². The van der Waals surface area contributed by atoms with E-state index in [1.165, 1.54) is 7.11 Å². The Balaban J connectivity index is 0.00000176. The quantitative estimate of drug-likeness (QED) is 0.875. The summed E-state index contributed by atoms with van der Waals surface area (Å²) in [5.74, 6) is 0.394. The third-order valence-corrected chi connectivity index (χ3v) is 5.95. The zero-order valence-electron chi connectivity index (χ0n) is 12.8. The van der Waals surface area contributed by atoms with Gasteiger partial charge in [-0.3, -0.25) is 0 Å². The average Bonchev–Trinajstić information content (AvgIpc) is 2.77. The summed E-state index contributed by atoms with van der Waals surface area (Å²) in [6, 6.07) is 6.14. The Morgan fingerprint density at radius 2 is 1.86 bits per heavy atom. The van der Waals surface area contributed by atoms with Crippen molar-refractivity contribution >= 4 is 22.4 Å². The summed E-state index contributed by atoms with van der Waals surface area (Å²) in [6.07, 6.45) is 4.03. The molecule has 3 rings (SSSR count). The molecule has 2 saturated heterocycles. The third kappa shape index (κ3) is 3.56. The molecule has 2 aliphatic heterocycles. The molecular formula is C15H23ClN2O3S. The molecule has 1 aromatic rings. The minimum atomic E-state index is -3.55. The first-order valence-corrected chi connectivity index (χ1v) is 8.89. The molecule has 7 heteroatoms. The molecule has 0 aromatic heterocycles. The minimum absolute atomic E-state index is 0. The Morgan fingerprint density at radius 3 is 2.45 bits per heavy atom. The van der Waals surface area contributed by atoms with Crippen molar-refractivity contribution in [3.63, 3.8) is 0 Å². The van der Waals surface area contributed by atoms with Crippen LogP contribution in [0.2, 0.25) is 0 Å². The van der Waals surface area contributed by atoms with Gasteiger partial charge in [-0.25, -0.2) is 13.1 Å². The third-order valence-electron chi connectivity index (χ3n) is 4.40. The van der Waals surface area contributed by atoms with Crippen LogP contribution in [0.25, 0.3) is 0 Å². The maximum atomic E-state index is 12.7. The summed E-state index contributed by atoms with van der Waals surface area (Å²) in [5, 5.41) is 3.52. The number of benzene rings is 1.